The van der Waals surface area contributed by atoms with Crippen LogP contribution >= 0.6 is 34.0 Å². The van der Waals surface area contributed by atoms with Crippen LogP contribution in [0.1, 0.15) is 32.2 Å². The Labute approximate surface area is 215 Å². The molecular weight excluding hydrogens is 502 g/mol. The molecule has 3 aromatic rings. The summed E-state index contributed by atoms with van der Waals surface area (Å²) in [5, 5.41) is 18.7. The van der Waals surface area contributed by atoms with E-state index in [9.17, 15) is 14.9 Å². The van der Waals surface area contributed by atoms with Gasteiger partial charge in [-0.3, -0.25) is 4.79 Å². The van der Waals surface area contributed by atoms with Crippen LogP contribution in [-0.4, -0.2) is 37.7 Å². The summed E-state index contributed by atoms with van der Waals surface area (Å²) in [6.45, 7) is 0.682. The summed E-state index contributed by atoms with van der Waals surface area (Å²) in [4.78, 5) is 33.8. The first-order chi connectivity index (χ1) is 16.9. The number of hydrogen-bond donors (Lipinski definition) is 2. The number of thiophene rings is 2. The Morgan fingerprint density at radius 1 is 1.37 bits per heavy atom. The molecule has 35 heavy (non-hydrogen) atoms. The number of carbonyl (C=O) groups excluding carboxylic acids is 2. The summed E-state index contributed by atoms with van der Waals surface area (Å²) in [6, 6.07) is 6.11. The number of nitrogens with one attached hydrogen (secondary N) is 2. The van der Waals surface area contributed by atoms with E-state index in [4.69, 9.17) is 4.74 Å². The number of carbonyl (C=O) groups is 2. The van der Waals surface area contributed by atoms with Gasteiger partial charge in [0.15, 0.2) is 5.13 Å². The third-order valence-electron chi connectivity index (χ3n) is 5.44. The standard InChI is InChI=1S/C24H25N5O3S3/c1-29(2)23-26-12-17(34-23)13-27-24(31)32-14-15-5-7-18-19(11-25)22(35-20(18)10-15)28-21(30)8-6-16-4-3-9-33-16/h3-4,6,8-9,12,15H,5,7,10,13-14H2,1-2H3,(H,27,31)(H,28,30)/b8-6+. The third kappa shape index (κ3) is 6.48. The Balaban J connectivity index is 1.28. The van der Waals surface area contributed by atoms with Crippen LogP contribution in [0.3, 0.4) is 0 Å². The molecule has 3 heterocycles. The normalized spacial score (nSPS) is 14.8. The summed E-state index contributed by atoms with van der Waals surface area (Å²) in [5.41, 5.74) is 1.54. The first-order valence-corrected chi connectivity index (χ1v) is 13.5. The number of aromatic nitrogens is 1. The predicted octanol–water partition coefficient (Wildman–Crippen LogP) is 4.89. The maximum Gasteiger partial charge on any atom is 0.407 e. The number of anilines is 2. The Morgan fingerprint density at radius 3 is 2.94 bits per heavy atom. The number of nitrogens with zero attached hydrogens (tertiary/aromatic N) is 3. The fraction of sp³-hybridized carbons (Fsp3) is 0.333. The molecule has 1 unspecified atom stereocenters. The molecule has 0 spiro atoms. The Kier molecular flexibility index (Phi) is 8.17. The molecular formula is C24H25N5O3S3. The van der Waals surface area contributed by atoms with Gasteiger partial charge in [-0.25, -0.2) is 9.78 Å². The van der Waals surface area contributed by atoms with Gasteiger partial charge < -0.3 is 20.3 Å². The molecule has 1 aliphatic rings. The van der Waals surface area contributed by atoms with Gasteiger partial charge >= 0.3 is 6.09 Å². The minimum atomic E-state index is -0.454. The van der Waals surface area contributed by atoms with Crippen LogP contribution < -0.4 is 15.5 Å². The molecule has 8 nitrogen and oxygen atoms in total. The van der Waals surface area contributed by atoms with E-state index in [0.717, 1.165) is 38.2 Å². The van der Waals surface area contributed by atoms with Crippen molar-refractivity contribution in [3.8, 4) is 6.07 Å². The average Bonchev–Trinajstić information content (AvgIpc) is 3.59. The van der Waals surface area contributed by atoms with Crippen molar-refractivity contribution in [1.82, 2.24) is 10.3 Å². The van der Waals surface area contributed by atoms with Gasteiger partial charge in [0.05, 0.1) is 18.7 Å². The molecule has 2 N–H and O–H groups in total. The quantitative estimate of drug-likeness (QED) is 0.404. The maximum atomic E-state index is 12.4. The molecule has 182 valence electrons. The molecule has 0 saturated carbocycles. The van der Waals surface area contributed by atoms with Gasteiger partial charge in [-0.1, -0.05) is 6.07 Å². The summed E-state index contributed by atoms with van der Waals surface area (Å²) in [6.07, 6.45) is 6.79. The number of thiazole rings is 1. The molecule has 0 saturated heterocycles. The Bertz CT molecular complexity index is 1250. The highest BCUT2D eigenvalue weighted by Crippen LogP contribution is 2.39. The molecule has 0 aliphatic heterocycles. The second kappa shape index (κ2) is 11.5. The number of alkyl carbamates (subject to hydrolysis) is 1. The number of nitriles is 1. The first kappa shape index (κ1) is 24.9. The monoisotopic (exact) mass is 527 g/mol. The number of amides is 2. The fourth-order valence-electron chi connectivity index (χ4n) is 3.69. The molecule has 2 amide bonds. The van der Waals surface area contributed by atoms with Crippen LogP contribution in [0.25, 0.3) is 6.08 Å². The number of hydrogen-bond acceptors (Lipinski definition) is 9. The van der Waals surface area contributed by atoms with E-state index in [1.54, 1.807) is 23.6 Å². The largest absolute Gasteiger partial charge is 0.449 e. The predicted molar refractivity (Wildman–Crippen MR) is 141 cm³/mol. The van der Waals surface area contributed by atoms with Gasteiger partial charge in [0.1, 0.15) is 11.1 Å². The second-order valence-electron chi connectivity index (χ2n) is 8.22. The Hall–Kier alpha value is -3.20. The molecule has 1 aliphatic carbocycles. The van der Waals surface area contributed by atoms with E-state index >= 15 is 0 Å². The zero-order valence-electron chi connectivity index (χ0n) is 19.4. The van der Waals surface area contributed by atoms with Crippen molar-refractivity contribution in [2.45, 2.75) is 25.8 Å². The third-order valence-corrected chi connectivity index (χ3v) is 8.61. The second-order valence-corrected chi connectivity index (χ2v) is 11.4. The van der Waals surface area contributed by atoms with Gasteiger partial charge in [-0.15, -0.1) is 34.0 Å². The highest BCUT2D eigenvalue weighted by molar-refractivity contribution is 7.16. The van der Waals surface area contributed by atoms with Gasteiger partial charge in [0.2, 0.25) is 5.91 Å². The lowest BCUT2D eigenvalue weighted by Crippen LogP contribution is -2.27. The van der Waals surface area contributed by atoms with Crippen molar-refractivity contribution in [3.05, 3.63) is 55.5 Å². The molecule has 0 bridgehead atoms. The van der Waals surface area contributed by atoms with Crippen LogP contribution in [0.2, 0.25) is 0 Å². The molecule has 0 radical (unpaired) electrons. The van der Waals surface area contributed by atoms with Crippen LogP contribution in [-0.2, 0) is 28.9 Å². The van der Waals surface area contributed by atoms with E-state index in [1.165, 1.54) is 28.7 Å². The maximum absolute atomic E-state index is 12.4. The molecule has 0 aromatic carbocycles. The van der Waals surface area contributed by atoms with Crippen molar-refractivity contribution in [2.24, 2.45) is 5.92 Å². The number of fused-ring (bicyclic) bond motifs is 1. The van der Waals surface area contributed by atoms with E-state index < -0.39 is 6.09 Å². The zero-order valence-corrected chi connectivity index (χ0v) is 21.8. The smallest absolute Gasteiger partial charge is 0.407 e. The average molecular weight is 528 g/mol. The fourth-order valence-corrected chi connectivity index (χ4v) is 6.40. The van der Waals surface area contributed by atoms with Gasteiger partial charge in [0, 0.05) is 41.0 Å². The summed E-state index contributed by atoms with van der Waals surface area (Å²) < 4.78 is 5.45. The lowest BCUT2D eigenvalue weighted by atomic mass is 9.88. The molecule has 3 aromatic heterocycles. The van der Waals surface area contributed by atoms with E-state index in [1.807, 2.05) is 36.5 Å². The van der Waals surface area contributed by atoms with Crippen molar-refractivity contribution < 1.29 is 14.3 Å². The lowest BCUT2D eigenvalue weighted by Gasteiger charge is -2.21. The lowest BCUT2D eigenvalue weighted by molar-refractivity contribution is -0.111. The first-order valence-electron chi connectivity index (χ1n) is 11.0. The van der Waals surface area contributed by atoms with Gasteiger partial charge in [0.25, 0.3) is 0 Å². The molecule has 4 rings (SSSR count). The highest BCUT2D eigenvalue weighted by atomic mass is 32.1. The minimum Gasteiger partial charge on any atom is -0.449 e. The highest BCUT2D eigenvalue weighted by Gasteiger charge is 2.27. The topological polar surface area (TPSA) is 107 Å². The SMILES string of the molecule is CN(C)c1ncc(CNC(=O)OCC2CCc3c(sc(NC(=O)/C=C/c4cccs4)c3C#N)C2)s1. The van der Waals surface area contributed by atoms with E-state index in [0.29, 0.717) is 30.1 Å². The number of ether oxygens (including phenoxy) is 1. The summed E-state index contributed by atoms with van der Waals surface area (Å²) in [7, 11) is 3.85. The summed E-state index contributed by atoms with van der Waals surface area (Å²) >= 11 is 4.51. The molecule has 1 atom stereocenters. The zero-order chi connectivity index (χ0) is 24.8. The Morgan fingerprint density at radius 2 is 2.23 bits per heavy atom. The van der Waals surface area contributed by atoms with Crippen molar-refractivity contribution in [1.29, 1.82) is 5.26 Å². The van der Waals surface area contributed by atoms with Crippen LogP contribution in [0.15, 0.2) is 29.8 Å². The van der Waals surface area contributed by atoms with E-state index in [2.05, 4.69) is 21.7 Å². The van der Waals surface area contributed by atoms with Crippen molar-refractivity contribution in [3.63, 3.8) is 0 Å². The van der Waals surface area contributed by atoms with Crippen LogP contribution in [0.5, 0.6) is 0 Å². The van der Waals surface area contributed by atoms with Crippen molar-refractivity contribution >= 4 is 62.2 Å². The summed E-state index contributed by atoms with van der Waals surface area (Å²) in [5.74, 6) is -0.0897. The van der Waals surface area contributed by atoms with Gasteiger partial charge in [-0.05, 0) is 48.3 Å². The van der Waals surface area contributed by atoms with Crippen molar-refractivity contribution in [2.75, 3.05) is 30.9 Å². The number of rotatable bonds is 8. The molecule has 0 fully saturated rings. The van der Waals surface area contributed by atoms with E-state index in [-0.39, 0.29) is 11.8 Å². The minimum absolute atomic E-state index is 0.171. The molecule has 11 heteroatoms. The van der Waals surface area contributed by atoms with Gasteiger partial charge in [-0.2, -0.15) is 5.26 Å². The van der Waals surface area contributed by atoms with Crippen LogP contribution in [0.4, 0.5) is 14.9 Å². The van der Waals surface area contributed by atoms with Crippen LogP contribution in [0, 0.1) is 17.2 Å².